The highest BCUT2D eigenvalue weighted by atomic mass is 15.0. The van der Waals surface area contributed by atoms with E-state index in [9.17, 15) is 5.26 Å². The van der Waals surface area contributed by atoms with Gasteiger partial charge in [0.2, 0.25) is 0 Å². The van der Waals surface area contributed by atoms with Crippen molar-refractivity contribution in [1.82, 2.24) is 5.32 Å². The Morgan fingerprint density at radius 2 is 1.93 bits per heavy atom. The molecule has 2 unspecified atom stereocenters. The first-order valence-electron chi connectivity index (χ1n) is 5.98. The largest absolute Gasteiger partial charge is 0.297 e. The van der Waals surface area contributed by atoms with Crippen molar-refractivity contribution in [2.75, 3.05) is 0 Å². The molecule has 2 heteroatoms. The van der Waals surface area contributed by atoms with Gasteiger partial charge in [0.25, 0.3) is 0 Å². The summed E-state index contributed by atoms with van der Waals surface area (Å²) in [4.78, 5) is 0. The maximum absolute atomic E-state index is 9.43. The molecule has 1 saturated carbocycles. The summed E-state index contributed by atoms with van der Waals surface area (Å²) in [5, 5.41) is 12.9. The quantitative estimate of drug-likeness (QED) is 0.757. The molecular formula is C13H24N2. The molecule has 1 N–H and O–H groups in total. The fourth-order valence-electron chi connectivity index (χ4n) is 3.35. The zero-order valence-corrected chi connectivity index (χ0v) is 10.7. The summed E-state index contributed by atoms with van der Waals surface area (Å²) in [6.07, 6.45) is 3.19. The molecule has 0 saturated heterocycles. The zero-order chi connectivity index (χ0) is 11.7. The Bertz CT molecular complexity index is 258. The van der Waals surface area contributed by atoms with Crippen molar-refractivity contribution in [3.8, 4) is 6.07 Å². The number of rotatable bonds is 2. The molecule has 0 bridgehead atoms. The fraction of sp³-hybridized carbons (Fsp3) is 0.923. The molecule has 2 nitrogen and oxygen atoms in total. The van der Waals surface area contributed by atoms with E-state index in [2.05, 4.69) is 46.0 Å². The van der Waals surface area contributed by atoms with Crippen LogP contribution in [0, 0.1) is 22.7 Å². The molecule has 0 aliphatic heterocycles. The second-order valence-electron chi connectivity index (χ2n) is 6.35. The average Bonchev–Trinajstić information content (AvgIpc) is 1.98. The number of hydrogen-bond donors (Lipinski definition) is 1. The molecule has 0 aromatic carbocycles. The van der Waals surface area contributed by atoms with Crippen molar-refractivity contribution in [3.63, 3.8) is 0 Å². The number of nitrogens with zero attached hydrogens (tertiary/aromatic N) is 1. The molecule has 1 aliphatic carbocycles. The summed E-state index contributed by atoms with van der Waals surface area (Å²) in [5.41, 5.74) is -0.00931. The van der Waals surface area contributed by atoms with Gasteiger partial charge in [-0.1, -0.05) is 20.8 Å². The van der Waals surface area contributed by atoms with Crippen LogP contribution in [0.5, 0.6) is 0 Å². The van der Waals surface area contributed by atoms with Crippen LogP contribution in [-0.4, -0.2) is 11.6 Å². The third-order valence-electron chi connectivity index (χ3n) is 3.16. The van der Waals surface area contributed by atoms with Crippen molar-refractivity contribution < 1.29 is 0 Å². The highest BCUT2D eigenvalue weighted by Crippen LogP contribution is 2.43. The lowest BCUT2D eigenvalue weighted by Crippen LogP contribution is -2.53. The van der Waals surface area contributed by atoms with Crippen LogP contribution in [-0.2, 0) is 0 Å². The van der Waals surface area contributed by atoms with E-state index >= 15 is 0 Å². The van der Waals surface area contributed by atoms with Crippen molar-refractivity contribution in [2.24, 2.45) is 11.3 Å². The smallest absolute Gasteiger partial charge is 0.107 e. The zero-order valence-electron chi connectivity index (χ0n) is 10.7. The fourth-order valence-corrected chi connectivity index (χ4v) is 3.35. The third kappa shape index (κ3) is 3.21. The molecule has 0 spiro atoms. The van der Waals surface area contributed by atoms with Gasteiger partial charge in [-0.2, -0.15) is 5.26 Å². The maximum atomic E-state index is 9.43. The van der Waals surface area contributed by atoms with E-state index in [4.69, 9.17) is 0 Å². The Morgan fingerprint density at radius 1 is 1.33 bits per heavy atom. The van der Waals surface area contributed by atoms with E-state index in [-0.39, 0.29) is 11.0 Å². The predicted molar refractivity (Wildman–Crippen MR) is 63.4 cm³/mol. The highest BCUT2D eigenvalue weighted by Gasteiger charge is 2.43. The minimum Gasteiger partial charge on any atom is -0.297 e. The van der Waals surface area contributed by atoms with Gasteiger partial charge in [-0.05, 0) is 44.4 Å². The average molecular weight is 208 g/mol. The summed E-state index contributed by atoms with van der Waals surface area (Å²) < 4.78 is 0. The molecule has 0 amide bonds. The van der Waals surface area contributed by atoms with Crippen LogP contribution >= 0.6 is 0 Å². The van der Waals surface area contributed by atoms with Gasteiger partial charge in [-0.3, -0.25) is 5.32 Å². The summed E-state index contributed by atoms with van der Waals surface area (Å²) in [6.45, 7) is 11.0. The molecule has 0 heterocycles. The van der Waals surface area contributed by atoms with Crippen LogP contribution in [0.3, 0.4) is 0 Å². The molecule has 0 aromatic rings. The van der Waals surface area contributed by atoms with E-state index in [0.29, 0.717) is 12.0 Å². The molecule has 15 heavy (non-hydrogen) atoms. The molecule has 1 rings (SSSR count). The van der Waals surface area contributed by atoms with Gasteiger partial charge in [0.05, 0.1) is 6.07 Å². The Labute approximate surface area is 94.1 Å². The highest BCUT2D eigenvalue weighted by molar-refractivity contribution is 5.13. The predicted octanol–water partition coefficient (Wildman–Crippen LogP) is 3.09. The van der Waals surface area contributed by atoms with Gasteiger partial charge in [0.15, 0.2) is 0 Å². The maximum Gasteiger partial charge on any atom is 0.107 e. The molecule has 1 fully saturated rings. The van der Waals surface area contributed by atoms with Gasteiger partial charge < -0.3 is 0 Å². The van der Waals surface area contributed by atoms with Gasteiger partial charge in [0, 0.05) is 6.04 Å². The Balaban J connectivity index is 2.85. The molecule has 0 radical (unpaired) electrons. The lowest BCUT2D eigenvalue weighted by atomic mass is 9.64. The second-order valence-corrected chi connectivity index (χ2v) is 6.35. The topological polar surface area (TPSA) is 35.8 Å². The monoisotopic (exact) mass is 208 g/mol. The van der Waals surface area contributed by atoms with Gasteiger partial charge in [-0.15, -0.1) is 0 Å². The first kappa shape index (κ1) is 12.5. The summed E-state index contributed by atoms with van der Waals surface area (Å²) >= 11 is 0. The van der Waals surface area contributed by atoms with Crippen LogP contribution in [0.25, 0.3) is 0 Å². The van der Waals surface area contributed by atoms with Gasteiger partial charge in [0.1, 0.15) is 5.54 Å². The second kappa shape index (κ2) is 4.14. The van der Waals surface area contributed by atoms with E-state index in [1.807, 2.05) is 0 Å². The SMILES string of the molecule is CC1CC(C)(C)CC(C#N)(NC(C)C)C1. The van der Waals surface area contributed by atoms with Crippen LogP contribution in [0.4, 0.5) is 0 Å². The van der Waals surface area contributed by atoms with E-state index in [1.165, 1.54) is 6.42 Å². The van der Waals surface area contributed by atoms with Gasteiger partial charge in [-0.25, -0.2) is 0 Å². The summed E-state index contributed by atoms with van der Waals surface area (Å²) in [5.74, 6) is 0.639. The molecule has 2 atom stereocenters. The molecule has 1 aliphatic rings. The van der Waals surface area contributed by atoms with Crippen molar-refractivity contribution in [2.45, 2.75) is 65.5 Å². The number of nitrogens with one attached hydrogen (secondary N) is 1. The molecule has 0 aromatic heterocycles. The number of hydrogen-bond acceptors (Lipinski definition) is 2. The van der Waals surface area contributed by atoms with E-state index in [0.717, 1.165) is 12.8 Å². The van der Waals surface area contributed by atoms with E-state index < -0.39 is 0 Å². The lowest BCUT2D eigenvalue weighted by molar-refractivity contribution is 0.109. The molecular weight excluding hydrogens is 184 g/mol. The Kier molecular flexibility index (Phi) is 3.45. The normalized spacial score (nSPS) is 35.1. The summed E-state index contributed by atoms with van der Waals surface area (Å²) in [7, 11) is 0. The third-order valence-corrected chi connectivity index (χ3v) is 3.16. The van der Waals surface area contributed by atoms with Crippen molar-refractivity contribution in [1.29, 1.82) is 5.26 Å². The standard InChI is InChI=1S/C13H24N2/c1-10(2)15-13(9-14)7-11(3)6-12(4,5)8-13/h10-11,15H,6-8H2,1-5H3. The minimum absolute atomic E-state index is 0.287. The van der Waals surface area contributed by atoms with Crippen LogP contribution in [0.2, 0.25) is 0 Å². The first-order chi connectivity index (χ1) is 6.79. The Morgan fingerprint density at radius 3 is 2.33 bits per heavy atom. The molecule has 86 valence electrons. The Hall–Kier alpha value is -0.550. The van der Waals surface area contributed by atoms with Crippen molar-refractivity contribution in [3.05, 3.63) is 0 Å². The number of nitriles is 1. The minimum atomic E-state index is -0.296. The van der Waals surface area contributed by atoms with Crippen LogP contribution in [0.1, 0.15) is 53.9 Å². The lowest BCUT2D eigenvalue weighted by Gasteiger charge is -2.45. The van der Waals surface area contributed by atoms with Gasteiger partial charge >= 0.3 is 0 Å². The van der Waals surface area contributed by atoms with Crippen LogP contribution < -0.4 is 5.32 Å². The van der Waals surface area contributed by atoms with Crippen LogP contribution in [0.15, 0.2) is 0 Å². The van der Waals surface area contributed by atoms with Crippen molar-refractivity contribution >= 4 is 0 Å². The first-order valence-corrected chi connectivity index (χ1v) is 5.98. The van der Waals surface area contributed by atoms with E-state index in [1.54, 1.807) is 0 Å². The summed E-state index contributed by atoms with van der Waals surface area (Å²) in [6, 6.07) is 2.90.